The molecule has 2 heterocycles. The molecule has 1 aromatic rings. The third kappa shape index (κ3) is 1.59. The monoisotopic (exact) mass is 247 g/mol. The molecule has 1 fully saturated rings. The lowest BCUT2D eigenvalue weighted by Crippen LogP contribution is -2.42. The lowest BCUT2D eigenvalue weighted by atomic mass is 10.1. The second-order valence-corrected chi connectivity index (χ2v) is 5.61. The minimum Gasteiger partial charge on any atom is -0.300 e. The fourth-order valence-corrected chi connectivity index (χ4v) is 3.40. The van der Waals surface area contributed by atoms with Crippen molar-refractivity contribution in [2.24, 2.45) is 5.92 Å². The summed E-state index contributed by atoms with van der Waals surface area (Å²) in [6.45, 7) is 1.89. The van der Waals surface area contributed by atoms with Crippen LogP contribution in [0.3, 0.4) is 0 Å². The third-order valence-corrected chi connectivity index (χ3v) is 4.61. The Bertz CT molecular complexity index is 500. The van der Waals surface area contributed by atoms with Crippen molar-refractivity contribution in [3.8, 4) is 0 Å². The van der Waals surface area contributed by atoms with Crippen molar-refractivity contribution in [2.45, 2.75) is 19.4 Å². The van der Waals surface area contributed by atoms with E-state index in [1.807, 2.05) is 31.2 Å². The standard InChI is InChI=1S/C13H13NO2S/c1-8-7-17-13(16)11-6-9-4-2-3-5-10(9)14(11)12(8)15/h2-5,8,11H,6-7H2,1H3/t8-,11+/m0/s1. The number of anilines is 1. The maximum Gasteiger partial charge on any atom is 0.231 e. The normalized spacial score (nSPS) is 27.7. The Balaban J connectivity index is 2.09. The first-order chi connectivity index (χ1) is 8.18. The second-order valence-electron chi connectivity index (χ2n) is 4.59. The highest BCUT2D eigenvalue weighted by Crippen LogP contribution is 2.37. The number of carbonyl (C=O) groups excluding carboxylic acids is 2. The van der Waals surface area contributed by atoms with Crippen LogP contribution in [-0.2, 0) is 16.0 Å². The predicted octanol–water partition coefficient (Wildman–Crippen LogP) is 1.85. The number of hydrogen-bond donors (Lipinski definition) is 0. The highest BCUT2D eigenvalue weighted by Gasteiger charge is 2.42. The molecule has 0 unspecified atom stereocenters. The van der Waals surface area contributed by atoms with Crippen molar-refractivity contribution >= 4 is 28.5 Å². The molecule has 3 nitrogen and oxygen atoms in total. The molecule has 2 aliphatic heterocycles. The van der Waals surface area contributed by atoms with Gasteiger partial charge in [0.25, 0.3) is 0 Å². The van der Waals surface area contributed by atoms with E-state index in [1.165, 1.54) is 11.8 Å². The van der Waals surface area contributed by atoms with Crippen LogP contribution in [0.1, 0.15) is 12.5 Å². The Labute approximate surface area is 104 Å². The van der Waals surface area contributed by atoms with Crippen LogP contribution in [-0.4, -0.2) is 22.8 Å². The van der Waals surface area contributed by atoms with Gasteiger partial charge in [0.2, 0.25) is 11.0 Å². The summed E-state index contributed by atoms with van der Waals surface area (Å²) in [6.07, 6.45) is 0.667. The van der Waals surface area contributed by atoms with E-state index in [4.69, 9.17) is 0 Å². The molecule has 0 aromatic heterocycles. The Kier molecular flexibility index (Phi) is 2.47. The van der Waals surface area contributed by atoms with Gasteiger partial charge in [-0.25, -0.2) is 0 Å². The zero-order valence-electron chi connectivity index (χ0n) is 9.55. The van der Waals surface area contributed by atoms with Crippen molar-refractivity contribution in [3.05, 3.63) is 29.8 Å². The molecular formula is C13H13NO2S. The van der Waals surface area contributed by atoms with Gasteiger partial charge >= 0.3 is 0 Å². The van der Waals surface area contributed by atoms with Gasteiger partial charge in [0.05, 0.1) is 0 Å². The van der Waals surface area contributed by atoms with Crippen molar-refractivity contribution in [2.75, 3.05) is 10.7 Å². The molecule has 2 atom stereocenters. The molecule has 0 saturated carbocycles. The summed E-state index contributed by atoms with van der Waals surface area (Å²) in [4.78, 5) is 26.0. The van der Waals surface area contributed by atoms with E-state index in [-0.39, 0.29) is 23.0 Å². The Morgan fingerprint density at radius 3 is 2.88 bits per heavy atom. The van der Waals surface area contributed by atoms with Crippen LogP contribution in [0.2, 0.25) is 0 Å². The van der Waals surface area contributed by atoms with E-state index in [0.717, 1.165) is 11.3 Å². The average Bonchev–Trinajstić information content (AvgIpc) is 2.69. The largest absolute Gasteiger partial charge is 0.300 e. The zero-order chi connectivity index (χ0) is 12.0. The van der Waals surface area contributed by atoms with Gasteiger partial charge in [0, 0.05) is 23.8 Å². The fraction of sp³-hybridized carbons (Fsp3) is 0.385. The highest BCUT2D eigenvalue weighted by molar-refractivity contribution is 8.13. The number of para-hydroxylation sites is 1. The number of amides is 1. The Hall–Kier alpha value is -1.29. The third-order valence-electron chi connectivity index (χ3n) is 3.38. The number of fused-ring (bicyclic) bond motifs is 3. The van der Waals surface area contributed by atoms with Crippen LogP contribution >= 0.6 is 11.8 Å². The van der Waals surface area contributed by atoms with E-state index in [0.29, 0.717) is 12.2 Å². The van der Waals surface area contributed by atoms with Crippen molar-refractivity contribution in [1.82, 2.24) is 0 Å². The number of nitrogens with zero attached hydrogens (tertiary/aromatic N) is 1. The molecule has 0 spiro atoms. The van der Waals surface area contributed by atoms with Crippen LogP contribution in [0.5, 0.6) is 0 Å². The summed E-state index contributed by atoms with van der Waals surface area (Å²) in [7, 11) is 0. The number of benzene rings is 1. The van der Waals surface area contributed by atoms with E-state index < -0.39 is 0 Å². The Morgan fingerprint density at radius 2 is 2.06 bits per heavy atom. The van der Waals surface area contributed by atoms with Crippen LogP contribution in [0.4, 0.5) is 5.69 Å². The lowest BCUT2D eigenvalue weighted by Gasteiger charge is -2.23. The van der Waals surface area contributed by atoms with E-state index in [2.05, 4.69) is 0 Å². The molecule has 88 valence electrons. The van der Waals surface area contributed by atoms with Crippen LogP contribution in [0, 0.1) is 5.92 Å². The molecule has 1 aromatic carbocycles. The molecule has 17 heavy (non-hydrogen) atoms. The number of rotatable bonds is 0. The summed E-state index contributed by atoms with van der Waals surface area (Å²) >= 11 is 1.30. The lowest BCUT2D eigenvalue weighted by molar-refractivity contribution is -0.123. The molecule has 0 aliphatic carbocycles. The number of thioether (sulfide) groups is 1. The summed E-state index contributed by atoms with van der Waals surface area (Å²) in [5, 5.41) is 0.124. The van der Waals surface area contributed by atoms with Crippen LogP contribution in [0.15, 0.2) is 24.3 Å². The number of hydrogen-bond acceptors (Lipinski definition) is 3. The quantitative estimate of drug-likeness (QED) is 0.702. The maximum absolute atomic E-state index is 12.3. The number of carbonyl (C=O) groups is 2. The molecular weight excluding hydrogens is 234 g/mol. The molecule has 1 amide bonds. The van der Waals surface area contributed by atoms with Crippen molar-refractivity contribution in [3.63, 3.8) is 0 Å². The van der Waals surface area contributed by atoms with Gasteiger partial charge < -0.3 is 4.90 Å². The van der Waals surface area contributed by atoms with Gasteiger partial charge in [-0.3, -0.25) is 9.59 Å². The van der Waals surface area contributed by atoms with Gasteiger partial charge in [-0.2, -0.15) is 0 Å². The SMILES string of the molecule is C[C@H]1CSC(=O)[C@H]2Cc3ccccc3N2C1=O. The summed E-state index contributed by atoms with van der Waals surface area (Å²) in [5.74, 6) is 0.603. The van der Waals surface area contributed by atoms with Gasteiger partial charge in [-0.1, -0.05) is 36.9 Å². The smallest absolute Gasteiger partial charge is 0.231 e. The van der Waals surface area contributed by atoms with Crippen molar-refractivity contribution < 1.29 is 9.59 Å². The van der Waals surface area contributed by atoms with E-state index in [9.17, 15) is 9.59 Å². The summed E-state index contributed by atoms with van der Waals surface area (Å²) in [5.41, 5.74) is 2.03. The first-order valence-corrected chi connectivity index (χ1v) is 6.74. The topological polar surface area (TPSA) is 37.4 Å². The predicted molar refractivity (Wildman–Crippen MR) is 68.0 cm³/mol. The first kappa shape index (κ1) is 10.8. The molecule has 2 aliphatic rings. The Morgan fingerprint density at radius 1 is 1.29 bits per heavy atom. The van der Waals surface area contributed by atoms with Gasteiger partial charge in [0.1, 0.15) is 6.04 Å². The molecule has 3 rings (SSSR count). The van der Waals surface area contributed by atoms with Crippen LogP contribution < -0.4 is 4.90 Å². The summed E-state index contributed by atoms with van der Waals surface area (Å²) in [6, 6.07) is 7.52. The average molecular weight is 247 g/mol. The van der Waals surface area contributed by atoms with E-state index in [1.54, 1.807) is 4.90 Å². The van der Waals surface area contributed by atoms with Crippen molar-refractivity contribution in [1.29, 1.82) is 0 Å². The second kappa shape index (κ2) is 3.88. The minimum absolute atomic E-state index is 0.0818. The highest BCUT2D eigenvalue weighted by atomic mass is 32.2. The molecule has 1 saturated heterocycles. The molecule has 0 radical (unpaired) electrons. The molecule has 0 bridgehead atoms. The molecule has 0 N–H and O–H groups in total. The maximum atomic E-state index is 12.3. The van der Waals surface area contributed by atoms with Gasteiger partial charge in [0.15, 0.2) is 0 Å². The molecule has 4 heteroatoms. The fourth-order valence-electron chi connectivity index (χ4n) is 2.46. The zero-order valence-corrected chi connectivity index (χ0v) is 10.4. The first-order valence-electron chi connectivity index (χ1n) is 5.76. The van der Waals surface area contributed by atoms with Crippen LogP contribution in [0.25, 0.3) is 0 Å². The van der Waals surface area contributed by atoms with Gasteiger partial charge in [-0.15, -0.1) is 0 Å². The van der Waals surface area contributed by atoms with Gasteiger partial charge in [-0.05, 0) is 11.6 Å². The summed E-state index contributed by atoms with van der Waals surface area (Å²) < 4.78 is 0. The minimum atomic E-state index is -0.283. The van der Waals surface area contributed by atoms with E-state index >= 15 is 0 Å².